The Morgan fingerprint density at radius 1 is 1.29 bits per heavy atom. The van der Waals surface area contributed by atoms with Crippen molar-refractivity contribution in [3.63, 3.8) is 0 Å². The van der Waals surface area contributed by atoms with Crippen LogP contribution in [0.1, 0.15) is 52.9 Å². The lowest BCUT2D eigenvalue weighted by Gasteiger charge is -2.38. The number of hydrogen-bond donors (Lipinski definition) is 0. The first kappa shape index (κ1) is 12.9. The Hall–Kier alpha value is -0.570. The summed E-state index contributed by atoms with van der Waals surface area (Å²) in [5.74, 6) is 1.88. The summed E-state index contributed by atoms with van der Waals surface area (Å²) >= 11 is 0. The molecule has 0 spiro atoms. The molecule has 0 amide bonds. The average molecular weight is 240 g/mol. The maximum atomic E-state index is 11.1. The Balaban J connectivity index is 1.92. The predicted octanol–water partition coefficient (Wildman–Crippen LogP) is 3.13. The minimum Gasteiger partial charge on any atom is -0.436 e. The molecule has 0 N–H and O–H groups in total. The van der Waals surface area contributed by atoms with Crippen LogP contribution in [0, 0.1) is 17.8 Å². The van der Waals surface area contributed by atoms with Crippen LogP contribution >= 0.6 is 0 Å². The quantitative estimate of drug-likeness (QED) is 0.711. The molecule has 0 bridgehead atoms. The van der Waals surface area contributed by atoms with Gasteiger partial charge in [0.1, 0.15) is 0 Å². The van der Waals surface area contributed by atoms with Gasteiger partial charge in [0.25, 0.3) is 0 Å². The van der Waals surface area contributed by atoms with Crippen molar-refractivity contribution in [1.29, 1.82) is 0 Å². The van der Waals surface area contributed by atoms with Crippen LogP contribution in [-0.4, -0.2) is 18.4 Å². The minimum absolute atomic E-state index is 0.111. The molecule has 0 aromatic heterocycles. The van der Waals surface area contributed by atoms with Crippen LogP contribution < -0.4 is 0 Å². The van der Waals surface area contributed by atoms with Gasteiger partial charge in [0.05, 0.1) is 12.5 Å². The SMILES string of the molecule is CC(C)[C@@H]1CC[C@@H](C)C[C@H]1O[C@H]1CCC(=O)O1. The fraction of sp³-hybridized carbons (Fsp3) is 0.929. The van der Waals surface area contributed by atoms with E-state index in [2.05, 4.69) is 20.8 Å². The van der Waals surface area contributed by atoms with E-state index < -0.39 is 0 Å². The summed E-state index contributed by atoms with van der Waals surface area (Å²) in [5, 5.41) is 0. The smallest absolute Gasteiger partial charge is 0.308 e. The van der Waals surface area contributed by atoms with Gasteiger partial charge in [0, 0.05) is 6.42 Å². The topological polar surface area (TPSA) is 35.5 Å². The Labute approximate surface area is 104 Å². The van der Waals surface area contributed by atoms with E-state index in [4.69, 9.17) is 9.47 Å². The molecule has 2 fully saturated rings. The molecule has 3 heteroatoms. The summed E-state index contributed by atoms with van der Waals surface area (Å²) < 4.78 is 11.2. The van der Waals surface area contributed by atoms with Gasteiger partial charge >= 0.3 is 5.97 Å². The fourth-order valence-electron chi connectivity index (χ4n) is 3.06. The van der Waals surface area contributed by atoms with Gasteiger partial charge in [-0.05, 0) is 30.6 Å². The number of carbonyl (C=O) groups excluding carboxylic acids is 1. The first-order valence-electron chi connectivity index (χ1n) is 6.91. The zero-order valence-electron chi connectivity index (χ0n) is 11.1. The largest absolute Gasteiger partial charge is 0.436 e. The van der Waals surface area contributed by atoms with Crippen LogP contribution in [0.2, 0.25) is 0 Å². The monoisotopic (exact) mass is 240 g/mol. The van der Waals surface area contributed by atoms with Crippen LogP contribution in [-0.2, 0) is 14.3 Å². The van der Waals surface area contributed by atoms with E-state index in [1.165, 1.54) is 12.8 Å². The van der Waals surface area contributed by atoms with E-state index in [1.807, 2.05) is 0 Å². The molecule has 3 nitrogen and oxygen atoms in total. The molecular weight excluding hydrogens is 216 g/mol. The van der Waals surface area contributed by atoms with Crippen molar-refractivity contribution in [3.05, 3.63) is 0 Å². The highest BCUT2D eigenvalue weighted by molar-refractivity contribution is 5.71. The molecule has 0 aromatic carbocycles. The highest BCUT2D eigenvalue weighted by Crippen LogP contribution is 2.36. The van der Waals surface area contributed by atoms with Crippen molar-refractivity contribution in [2.45, 2.75) is 65.3 Å². The van der Waals surface area contributed by atoms with Gasteiger partial charge in [-0.2, -0.15) is 0 Å². The molecule has 98 valence electrons. The molecular formula is C14H24O3. The third-order valence-corrected chi connectivity index (χ3v) is 4.13. The van der Waals surface area contributed by atoms with Crippen LogP contribution in [0.15, 0.2) is 0 Å². The van der Waals surface area contributed by atoms with Crippen molar-refractivity contribution >= 4 is 5.97 Å². The molecule has 2 rings (SSSR count). The second kappa shape index (κ2) is 5.38. The Morgan fingerprint density at radius 3 is 2.65 bits per heavy atom. The van der Waals surface area contributed by atoms with Gasteiger partial charge in [-0.3, -0.25) is 4.79 Å². The maximum absolute atomic E-state index is 11.1. The summed E-state index contributed by atoms with van der Waals surface area (Å²) in [5.41, 5.74) is 0. The van der Waals surface area contributed by atoms with Crippen molar-refractivity contribution in [3.8, 4) is 0 Å². The van der Waals surface area contributed by atoms with E-state index in [0.717, 1.165) is 18.8 Å². The third-order valence-electron chi connectivity index (χ3n) is 4.13. The molecule has 17 heavy (non-hydrogen) atoms. The normalized spacial score (nSPS) is 38.5. The van der Waals surface area contributed by atoms with Gasteiger partial charge in [-0.1, -0.05) is 27.2 Å². The predicted molar refractivity (Wildman–Crippen MR) is 65.3 cm³/mol. The van der Waals surface area contributed by atoms with Gasteiger partial charge in [0.15, 0.2) is 0 Å². The van der Waals surface area contributed by atoms with Gasteiger partial charge < -0.3 is 9.47 Å². The summed E-state index contributed by atoms with van der Waals surface area (Å²) in [6.07, 6.45) is 4.89. The van der Waals surface area contributed by atoms with E-state index in [-0.39, 0.29) is 18.4 Å². The van der Waals surface area contributed by atoms with Gasteiger partial charge in [-0.15, -0.1) is 0 Å². The highest BCUT2D eigenvalue weighted by Gasteiger charge is 2.35. The number of ether oxygens (including phenoxy) is 2. The molecule has 0 unspecified atom stereocenters. The molecule has 4 atom stereocenters. The number of hydrogen-bond acceptors (Lipinski definition) is 3. The molecule has 1 heterocycles. The van der Waals surface area contributed by atoms with E-state index >= 15 is 0 Å². The first-order valence-corrected chi connectivity index (χ1v) is 6.91. The van der Waals surface area contributed by atoms with E-state index in [0.29, 0.717) is 18.3 Å². The molecule has 0 aromatic rings. The highest BCUT2D eigenvalue weighted by atomic mass is 16.7. The zero-order valence-corrected chi connectivity index (χ0v) is 11.1. The lowest BCUT2D eigenvalue weighted by atomic mass is 9.75. The van der Waals surface area contributed by atoms with Crippen LogP contribution in [0.25, 0.3) is 0 Å². The Bertz CT molecular complexity index is 275. The molecule has 0 radical (unpaired) electrons. The van der Waals surface area contributed by atoms with Gasteiger partial charge in [0.2, 0.25) is 6.29 Å². The van der Waals surface area contributed by atoms with Crippen molar-refractivity contribution in [2.24, 2.45) is 17.8 Å². The summed E-state index contributed by atoms with van der Waals surface area (Å²) in [4.78, 5) is 11.1. The summed E-state index contributed by atoms with van der Waals surface area (Å²) in [6.45, 7) is 6.81. The second-order valence-electron chi connectivity index (χ2n) is 5.96. The standard InChI is InChI=1S/C14H24O3/c1-9(2)11-5-4-10(3)8-12(11)16-14-7-6-13(15)17-14/h9-12,14H,4-8H2,1-3H3/t10-,11+,12-,14-/m1/s1. The van der Waals surface area contributed by atoms with Crippen molar-refractivity contribution in [1.82, 2.24) is 0 Å². The lowest BCUT2D eigenvalue weighted by molar-refractivity contribution is -0.186. The second-order valence-corrected chi connectivity index (χ2v) is 5.96. The molecule has 1 aliphatic carbocycles. The lowest BCUT2D eigenvalue weighted by Crippen LogP contribution is -2.37. The summed E-state index contributed by atoms with van der Waals surface area (Å²) in [6, 6.07) is 0. The zero-order chi connectivity index (χ0) is 12.4. The van der Waals surface area contributed by atoms with Gasteiger partial charge in [-0.25, -0.2) is 0 Å². The molecule has 1 saturated carbocycles. The van der Waals surface area contributed by atoms with Crippen LogP contribution in [0.5, 0.6) is 0 Å². The average Bonchev–Trinajstić information content (AvgIpc) is 2.63. The summed E-state index contributed by atoms with van der Waals surface area (Å²) in [7, 11) is 0. The van der Waals surface area contributed by atoms with E-state index in [1.54, 1.807) is 0 Å². The fourth-order valence-corrected chi connectivity index (χ4v) is 3.06. The molecule has 1 saturated heterocycles. The number of cyclic esters (lactones) is 1. The first-order chi connectivity index (χ1) is 8.06. The van der Waals surface area contributed by atoms with Crippen molar-refractivity contribution in [2.75, 3.05) is 0 Å². The van der Waals surface area contributed by atoms with Crippen LogP contribution in [0.3, 0.4) is 0 Å². The van der Waals surface area contributed by atoms with Crippen molar-refractivity contribution < 1.29 is 14.3 Å². The van der Waals surface area contributed by atoms with E-state index in [9.17, 15) is 4.79 Å². The molecule has 2 aliphatic rings. The Kier molecular flexibility index (Phi) is 4.08. The molecule has 1 aliphatic heterocycles. The number of esters is 1. The maximum Gasteiger partial charge on any atom is 0.308 e. The third kappa shape index (κ3) is 3.21. The minimum atomic E-state index is -0.279. The van der Waals surface area contributed by atoms with Crippen LogP contribution in [0.4, 0.5) is 0 Å². The Morgan fingerprint density at radius 2 is 2.06 bits per heavy atom. The number of rotatable bonds is 3. The number of carbonyl (C=O) groups is 1.